The van der Waals surface area contributed by atoms with E-state index >= 15 is 0 Å². The molecule has 0 aliphatic carbocycles. The number of furan rings is 1. The van der Waals surface area contributed by atoms with Gasteiger partial charge in [-0.1, -0.05) is 19.9 Å². The number of nitrogens with zero attached hydrogens (tertiary/aromatic N) is 1. The maximum absolute atomic E-state index is 12.9. The van der Waals surface area contributed by atoms with Crippen LogP contribution in [0.4, 0.5) is 0 Å². The van der Waals surface area contributed by atoms with Crippen molar-refractivity contribution >= 4 is 26.9 Å². The number of rotatable bonds is 10. The Morgan fingerprint density at radius 1 is 1.03 bits per heavy atom. The van der Waals surface area contributed by atoms with Crippen LogP contribution in [0, 0.1) is 6.92 Å². The minimum Gasteiger partial charge on any atom is -0.493 e. The maximum Gasteiger partial charge on any atom is 0.287 e. The third-order valence-electron chi connectivity index (χ3n) is 5.60. The zero-order valence-corrected chi connectivity index (χ0v) is 20.4. The molecule has 178 valence electrons. The van der Waals surface area contributed by atoms with Crippen molar-refractivity contribution in [3.63, 3.8) is 0 Å². The van der Waals surface area contributed by atoms with Gasteiger partial charge >= 0.3 is 0 Å². The van der Waals surface area contributed by atoms with Gasteiger partial charge in [0, 0.05) is 30.6 Å². The largest absolute Gasteiger partial charge is 0.493 e. The van der Waals surface area contributed by atoms with E-state index in [0.717, 1.165) is 5.56 Å². The molecule has 0 bridgehead atoms. The molecular formula is C24H30N2O6S. The molecule has 0 atom stereocenters. The normalized spacial score (nSPS) is 11.7. The summed E-state index contributed by atoms with van der Waals surface area (Å²) in [6.07, 6.45) is 0.595. The number of aryl methyl sites for hydroxylation is 1. The van der Waals surface area contributed by atoms with E-state index in [1.807, 2.05) is 18.2 Å². The second-order valence-electron chi connectivity index (χ2n) is 7.50. The SMILES string of the molecule is CCN(CC)S(=O)(=O)c1ccc2oc(C(=O)NCCc3ccc(OC)c(OC)c3)c(C)c2c1. The van der Waals surface area contributed by atoms with Crippen molar-refractivity contribution < 1.29 is 27.1 Å². The summed E-state index contributed by atoms with van der Waals surface area (Å²) in [6, 6.07) is 10.3. The van der Waals surface area contributed by atoms with Crippen LogP contribution in [-0.2, 0) is 16.4 Å². The van der Waals surface area contributed by atoms with E-state index in [0.29, 0.717) is 54.1 Å². The predicted molar refractivity (Wildman–Crippen MR) is 127 cm³/mol. The van der Waals surface area contributed by atoms with Crippen LogP contribution in [0.1, 0.15) is 35.5 Å². The highest BCUT2D eigenvalue weighted by atomic mass is 32.2. The van der Waals surface area contributed by atoms with Gasteiger partial charge in [-0.25, -0.2) is 8.42 Å². The number of carbonyl (C=O) groups excluding carboxylic acids is 1. The molecule has 0 spiro atoms. The molecule has 9 heteroatoms. The Bertz CT molecular complexity index is 1250. The lowest BCUT2D eigenvalue weighted by molar-refractivity contribution is 0.0927. The summed E-state index contributed by atoms with van der Waals surface area (Å²) in [5.74, 6) is 1.10. The fourth-order valence-electron chi connectivity index (χ4n) is 3.73. The van der Waals surface area contributed by atoms with E-state index in [1.54, 1.807) is 47.1 Å². The molecule has 0 unspecified atom stereocenters. The van der Waals surface area contributed by atoms with E-state index in [4.69, 9.17) is 13.9 Å². The number of amides is 1. The Kier molecular flexibility index (Phi) is 7.65. The summed E-state index contributed by atoms with van der Waals surface area (Å²) in [6.45, 7) is 6.51. The van der Waals surface area contributed by atoms with Crippen LogP contribution in [0.25, 0.3) is 11.0 Å². The molecule has 3 aromatic rings. The van der Waals surface area contributed by atoms with Crippen molar-refractivity contribution in [2.45, 2.75) is 32.1 Å². The second kappa shape index (κ2) is 10.3. The van der Waals surface area contributed by atoms with E-state index < -0.39 is 10.0 Å². The minimum absolute atomic E-state index is 0.176. The molecule has 1 heterocycles. The number of ether oxygens (including phenoxy) is 2. The molecule has 8 nitrogen and oxygen atoms in total. The van der Waals surface area contributed by atoms with Crippen LogP contribution >= 0.6 is 0 Å². The van der Waals surface area contributed by atoms with E-state index in [1.165, 1.54) is 10.4 Å². The first-order chi connectivity index (χ1) is 15.8. The van der Waals surface area contributed by atoms with Gasteiger partial charge in [0.1, 0.15) is 5.58 Å². The third-order valence-corrected chi connectivity index (χ3v) is 7.65. The van der Waals surface area contributed by atoms with E-state index in [2.05, 4.69) is 5.32 Å². The number of benzene rings is 2. The lowest BCUT2D eigenvalue weighted by Crippen LogP contribution is -2.30. The molecule has 0 saturated carbocycles. The number of hydrogen-bond donors (Lipinski definition) is 1. The second-order valence-corrected chi connectivity index (χ2v) is 9.44. The number of methoxy groups -OCH3 is 2. The fraction of sp³-hybridized carbons (Fsp3) is 0.375. The first kappa shape index (κ1) is 24.6. The van der Waals surface area contributed by atoms with Crippen LogP contribution in [0.5, 0.6) is 11.5 Å². The van der Waals surface area contributed by atoms with Gasteiger partial charge in [0.05, 0.1) is 19.1 Å². The summed E-state index contributed by atoms with van der Waals surface area (Å²) in [7, 11) is -0.450. The van der Waals surface area contributed by atoms with Gasteiger partial charge in [0.2, 0.25) is 10.0 Å². The van der Waals surface area contributed by atoms with Crippen LogP contribution in [-0.4, -0.2) is 52.5 Å². The molecule has 1 amide bonds. The van der Waals surface area contributed by atoms with Gasteiger partial charge in [-0.3, -0.25) is 4.79 Å². The van der Waals surface area contributed by atoms with E-state index in [-0.39, 0.29) is 16.6 Å². The Morgan fingerprint density at radius 2 is 1.73 bits per heavy atom. The molecule has 0 saturated heterocycles. The van der Waals surface area contributed by atoms with Crippen molar-refractivity contribution in [3.05, 3.63) is 53.3 Å². The van der Waals surface area contributed by atoms with Crippen LogP contribution in [0.3, 0.4) is 0 Å². The molecule has 2 aromatic carbocycles. The minimum atomic E-state index is -3.60. The zero-order chi connectivity index (χ0) is 24.2. The lowest BCUT2D eigenvalue weighted by Gasteiger charge is -2.18. The Morgan fingerprint density at radius 3 is 2.36 bits per heavy atom. The Hall–Kier alpha value is -3.04. The Balaban J connectivity index is 1.76. The average molecular weight is 475 g/mol. The molecule has 0 aliphatic heterocycles. The molecule has 0 aliphatic rings. The smallest absolute Gasteiger partial charge is 0.287 e. The van der Waals surface area contributed by atoms with Crippen molar-refractivity contribution in [2.24, 2.45) is 0 Å². The molecule has 33 heavy (non-hydrogen) atoms. The van der Waals surface area contributed by atoms with Gasteiger partial charge in [0.15, 0.2) is 17.3 Å². The molecule has 1 N–H and O–H groups in total. The quantitative estimate of drug-likeness (QED) is 0.480. The van der Waals surface area contributed by atoms with Crippen molar-refractivity contribution in [1.82, 2.24) is 9.62 Å². The maximum atomic E-state index is 12.9. The van der Waals surface area contributed by atoms with Gasteiger partial charge < -0.3 is 19.2 Å². The number of fused-ring (bicyclic) bond motifs is 1. The number of carbonyl (C=O) groups is 1. The first-order valence-corrected chi connectivity index (χ1v) is 12.2. The number of sulfonamides is 1. The summed E-state index contributed by atoms with van der Waals surface area (Å²) in [5.41, 5.74) is 2.06. The van der Waals surface area contributed by atoms with Crippen molar-refractivity contribution in [2.75, 3.05) is 33.9 Å². The highest BCUT2D eigenvalue weighted by Crippen LogP contribution is 2.29. The number of nitrogens with one attached hydrogen (secondary N) is 1. The molecule has 1 aromatic heterocycles. The van der Waals surface area contributed by atoms with Crippen LogP contribution < -0.4 is 14.8 Å². The van der Waals surface area contributed by atoms with Gasteiger partial charge in [-0.2, -0.15) is 4.31 Å². The summed E-state index contributed by atoms with van der Waals surface area (Å²) < 4.78 is 43.4. The Labute approximate surface area is 194 Å². The molecular weight excluding hydrogens is 444 g/mol. The topological polar surface area (TPSA) is 98.1 Å². The first-order valence-electron chi connectivity index (χ1n) is 10.8. The van der Waals surface area contributed by atoms with Crippen LogP contribution in [0.2, 0.25) is 0 Å². The summed E-state index contributed by atoms with van der Waals surface area (Å²) in [4.78, 5) is 12.9. The third kappa shape index (κ3) is 4.99. The monoisotopic (exact) mass is 474 g/mol. The predicted octanol–water partition coefficient (Wildman–Crippen LogP) is 3.76. The highest BCUT2D eigenvalue weighted by Gasteiger charge is 2.24. The molecule has 0 radical (unpaired) electrons. The van der Waals surface area contributed by atoms with Crippen LogP contribution in [0.15, 0.2) is 45.7 Å². The lowest BCUT2D eigenvalue weighted by atomic mass is 10.1. The average Bonchev–Trinajstić information content (AvgIpc) is 3.15. The van der Waals surface area contributed by atoms with Gasteiger partial charge in [-0.15, -0.1) is 0 Å². The zero-order valence-electron chi connectivity index (χ0n) is 19.6. The van der Waals surface area contributed by atoms with Crippen molar-refractivity contribution in [3.8, 4) is 11.5 Å². The van der Waals surface area contributed by atoms with Gasteiger partial charge in [-0.05, 0) is 49.2 Å². The standard InChI is InChI=1S/C24H30N2O6S/c1-6-26(7-2)33(28,29)18-9-11-20-19(15-18)16(3)23(32-20)24(27)25-13-12-17-8-10-21(30-4)22(14-17)31-5/h8-11,14-15H,6-7,12-13H2,1-5H3,(H,25,27). The van der Waals surface area contributed by atoms with Gasteiger partial charge in [0.25, 0.3) is 5.91 Å². The summed E-state index contributed by atoms with van der Waals surface area (Å²) >= 11 is 0. The number of hydrogen-bond acceptors (Lipinski definition) is 6. The molecule has 3 rings (SSSR count). The molecule has 0 fully saturated rings. The summed E-state index contributed by atoms with van der Waals surface area (Å²) in [5, 5.41) is 3.47. The van der Waals surface area contributed by atoms with E-state index in [9.17, 15) is 13.2 Å². The highest BCUT2D eigenvalue weighted by molar-refractivity contribution is 7.89. The van der Waals surface area contributed by atoms with Crippen molar-refractivity contribution in [1.29, 1.82) is 0 Å². The fourth-order valence-corrected chi connectivity index (χ4v) is 5.21.